The molecule has 0 amide bonds. The number of fused-ring (bicyclic) bond motifs is 7. The summed E-state index contributed by atoms with van der Waals surface area (Å²) in [6, 6.07) is 75.0. The average molecular weight is 1250 g/mol. The van der Waals surface area contributed by atoms with Crippen molar-refractivity contribution in [3.8, 4) is 61.3 Å². The quantitative estimate of drug-likeness (QED) is 0.141. The maximum atomic E-state index is 9.80. The number of nitrogens with zero attached hydrogens (tertiary/aromatic N) is 3. The molecule has 96 heavy (non-hydrogen) atoms. The third-order valence-corrected chi connectivity index (χ3v) is 20.1. The minimum atomic E-state index is -0.491. The molecule has 0 fully saturated rings. The molecule has 0 atom stereocenters. The van der Waals surface area contributed by atoms with E-state index in [-0.39, 0.29) is 67.6 Å². The smallest absolute Gasteiger partial charge is 0.252 e. The number of hydrogen-bond acceptors (Lipinski definition) is 2. The van der Waals surface area contributed by atoms with Crippen molar-refractivity contribution in [3.63, 3.8) is 0 Å². The molecule has 1 aromatic heterocycles. The molecule has 0 bridgehead atoms. The molecule has 0 saturated carbocycles. The van der Waals surface area contributed by atoms with Crippen LogP contribution in [0, 0.1) is 0 Å². The first-order valence-electron chi connectivity index (χ1n) is 37.9. The van der Waals surface area contributed by atoms with Gasteiger partial charge < -0.3 is 14.4 Å². The predicted octanol–water partition coefficient (Wildman–Crippen LogP) is 23.7. The molecule has 0 saturated heterocycles. The molecule has 15 rings (SSSR count). The van der Waals surface area contributed by atoms with Crippen LogP contribution in [-0.2, 0) is 27.1 Å². The maximum absolute atomic E-state index is 9.80. The highest BCUT2D eigenvalue weighted by atomic mass is 15.2. The number of aromatic nitrogens is 1. The van der Waals surface area contributed by atoms with Gasteiger partial charge in [-0.2, -0.15) is 0 Å². The molecule has 0 aliphatic carbocycles. The van der Waals surface area contributed by atoms with Crippen LogP contribution < -0.4 is 26.2 Å². The monoisotopic (exact) mass is 1250 g/mol. The lowest BCUT2D eigenvalue weighted by atomic mass is 9.33. The first-order chi connectivity index (χ1) is 49.1. The van der Waals surface area contributed by atoms with Gasteiger partial charge >= 0.3 is 0 Å². The predicted molar refractivity (Wildman–Crippen MR) is 415 cm³/mol. The van der Waals surface area contributed by atoms with E-state index in [1.54, 1.807) is 4.57 Å². The van der Waals surface area contributed by atoms with Gasteiger partial charge in [-0.1, -0.05) is 322 Å². The zero-order chi connectivity index (χ0) is 73.9. The highest BCUT2D eigenvalue weighted by molar-refractivity contribution is 7.00. The Hall–Kier alpha value is -9.90. The van der Waals surface area contributed by atoms with Crippen LogP contribution in [0.4, 0.5) is 34.1 Å². The molecule has 12 aromatic carbocycles. The van der Waals surface area contributed by atoms with Crippen molar-refractivity contribution in [2.24, 2.45) is 0 Å². The van der Waals surface area contributed by atoms with Gasteiger partial charge in [0.2, 0.25) is 0 Å². The van der Waals surface area contributed by atoms with Crippen LogP contribution in [0.25, 0.3) is 83.1 Å². The van der Waals surface area contributed by atoms with E-state index in [0.29, 0.717) is 5.69 Å². The summed E-state index contributed by atoms with van der Waals surface area (Å²) in [5.41, 5.74) is 24.8. The topological polar surface area (TPSA) is 11.4 Å². The Morgan fingerprint density at radius 2 is 0.635 bits per heavy atom. The van der Waals surface area contributed by atoms with Gasteiger partial charge in [-0.05, 0) is 147 Å². The third kappa shape index (κ3) is 10.8. The van der Waals surface area contributed by atoms with E-state index < -0.39 is 36.3 Å². The molecule has 0 N–H and O–H groups in total. The number of anilines is 6. The second-order valence-corrected chi connectivity index (χ2v) is 31.7. The van der Waals surface area contributed by atoms with Crippen molar-refractivity contribution < 1.29 is 11.0 Å². The summed E-state index contributed by atoms with van der Waals surface area (Å²) >= 11 is 0. The van der Waals surface area contributed by atoms with Crippen LogP contribution in [0.3, 0.4) is 0 Å². The molecule has 0 radical (unpaired) electrons. The number of benzene rings is 12. The van der Waals surface area contributed by atoms with Crippen molar-refractivity contribution in [2.75, 3.05) is 9.80 Å². The summed E-state index contributed by atoms with van der Waals surface area (Å²) in [7, 11) is 0. The van der Waals surface area contributed by atoms with E-state index in [9.17, 15) is 8.22 Å². The molecular weight excluding hydrogens is 1160 g/mol. The Kier molecular flexibility index (Phi) is 12.7. The van der Waals surface area contributed by atoms with Crippen molar-refractivity contribution in [1.82, 2.24) is 4.57 Å². The molecule has 0 unspecified atom stereocenters. The summed E-state index contributed by atoms with van der Waals surface area (Å²) in [4.78, 5) is 5.05. The van der Waals surface area contributed by atoms with Crippen molar-refractivity contribution in [3.05, 3.63) is 288 Å². The van der Waals surface area contributed by atoms with Crippen LogP contribution in [0.5, 0.6) is 0 Å². The van der Waals surface area contributed by atoms with Crippen LogP contribution >= 0.6 is 0 Å². The highest BCUT2D eigenvalue weighted by Gasteiger charge is 2.46. The van der Waals surface area contributed by atoms with Gasteiger partial charge in [0.15, 0.2) is 0 Å². The van der Waals surface area contributed by atoms with Crippen LogP contribution in [0.15, 0.2) is 261 Å². The summed E-state index contributed by atoms with van der Waals surface area (Å²) < 4.78 is 76.9. The SMILES string of the molecule is [2H]c1c([2H])c([2H])c2c(c1[2H])c1c([2H])c([2H])c([2H])c([2H])c1n2-c1ccc2c(c1)N(c1c(-c3ccc(C(C)(C)C)cc3)cccc1-c1ccc(C(C)(C)C)cc1)c1cc(C(C)(C)C)cc3c1B2c1ccc(-c2ccccc2)cc1N3c1c(-c2ccc(C(C)(C)C)cc2)cccc1-c1ccc(C(C)(C)C)cc1. The van der Waals surface area contributed by atoms with Gasteiger partial charge in [-0.3, -0.25) is 0 Å². The van der Waals surface area contributed by atoms with Gasteiger partial charge in [0.1, 0.15) is 0 Å². The summed E-state index contributed by atoms with van der Waals surface area (Å²) in [6.45, 7) is 33.4. The number of rotatable bonds is 8. The lowest BCUT2D eigenvalue weighted by Crippen LogP contribution is -2.61. The molecule has 2 aliphatic rings. The largest absolute Gasteiger partial charge is 0.310 e. The second kappa shape index (κ2) is 22.9. The number of hydrogen-bond donors (Lipinski definition) is 0. The summed E-state index contributed by atoms with van der Waals surface area (Å²) in [5, 5.41) is 0.0424. The van der Waals surface area contributed by atoms with Gasteiger partial charge in [-0.15, -0.1) is 0 Å². The second-order valence-electron chi connectivity index (χ2n) is 31.7. The Balaban J connectivity index is 1.14. The van der Waals surface area contributed by atoms with E-state index in [0.717, 1.165) is 112 Å². The van der Waals surface area contributed by atoms with E-state index in [4.69, 9.17) is 2.74 Å². The van der Waals surface area contributed by atoms with E-state index in [1.165, 1.54) is 22.3 Å². The molecule has 474 valence electrons. The fourth-order valence-corrected chi connectivity index (χ4v) is 14.6. The standard InChI is InChI=1S/C92H88BN3/c1-88(2,3)65-44-35-60(36-45-65)71-29-23-30-72(61-37-46-66(47-38-61)89(4,5)6)86(71)95-81-55-64(59-25-17-16-18-26-59)43-53-77(81)93-78-54-52-70(94-79-33-21-19-27-75(79)76-28-20-22-34-80(76)94)58-82(78)96(84-57-69(92(13,14)15)56-83(95)85(84)93)87-73(62-39-48-67(49-40-62)90(7,8)9)31-24-32-74(87)63-41-50-68(51-42-63)91(10,11)12/h16-58H,1-15H3/i19D,20D,21D,22D,27D,28D,33D,34D. The van der Waals surface area contributed by atoms with Crippen LogP contribution in [-0.4, -0.2) is 11.3 Å². The molecule has 2 aliphatic heterocycles. The zero-order valence-electron chi connectivity index (χ0n) is 66.1. The van der Waals surface area contributed by atoms with Crippen LogP contribution in [0.1, 0.15) is 143 Å². The average Bonchev–Trinajstić information content (AvgIpc) is 0.798. The normalized spacial score (nSPS) is 14.5. The molecule has 3 nitrogen and oxygen atoms in total. The lowest BCUT2D eigenvalue weighted by Gasteiger charge is -2.46. The zero-order valence-corrected chi connectivity index (χ0v) is 58.1. The fourth-order valence-electron chi connectivity index (χ4n) is 14.6. The lowest BCUT2D eigenvalue weighted by molar-refractivity contribution is 0.590. The van der Waals surface area contributed by atoms with E-state index in [2.05, 4.69) is 320 Å². The Morgan fingerprint density at radius 3 is 1.01 bits per heavy atom. The van der Waals surface area contributed by atoms with Crippen LogP contribution in [0.2, 0.25) is 0 Å². The Bertz CT molecular complexity index is 5420. The highest BCUT2D eigenvalue weighted by Crippen LogP contribution is 2.55. The molecule has 3 heterocycles. The van der Waals surface area contributed by atoms with Gasteiger partial charge in [-0.25, -0.2) is 0 Å². The van der Waals surface area contributed by atoms with Crippen molar-refractivity contribution in [1.29, 1.82) is 0 Å². The molecule has 4 heteroatoms. The van der Waals surface area contributed by atoms with Crippen molar-refractivity contribution >= 4 is 79.0 Å². The fraction of sp³-hybridized carbons (Fsp3) is 0.217. The minimum absolute atomic E-state index is 0.0212. The van der Waals surface area contributed by atoms with Gasteiger partial charge in [0.05, 0.1) is 33.4 Å². The van der Waals surface area contributed by atoms with Gasteiger partial charge in [0.25, 0.3) is 6.71 Å². The minimum Gasteiger partial charge on any atom is -0.310 e. The van der Waals surface area contributed by atoms with E-state index >= 15 is 0 Å². The summed E-state index contributed by atoms with van der Waals surface area (Å²) in [6.07, 6.45) is 0. The number of para-hydroxylation sites is 4. The first kappa shape index (κ1) is 53.4. The molecule has 0 spiro atoms. The Morgan fingerprint density at radius 1 is 0.292 bits per heavy atom. The molecular formula is C92H88BN3. The Labute approximate surface area is 582 Å². The van der Waals surface area contributed by atoms with Crippen molar-refractivity contribution in [2.45, 2.75) is 131 Å². The van der Waals surface area contributed by atoms with E-state index in [1.807, 2.05) is 6.07 Å². The third-order valence-electron chi connectivity index (χ3n) is 20.1. The van der Waals surface area contributed by atoms with Gasteiger partial charge in [0, 0.05) is 61.5 Å². The summed E-state index contributed by atoms with van der Waals surface area (Å²) in [5.74, 6) is 0. The maximum Gasteiger partial charge on any atom is 0.252 e. The molecule has 13 aromatic rings. The first-order valence-corrected chi connectivity index (χ1v) is 33.9.